The minimum atomic E-state index is -0.726. The van der Waals surface area contributed by atoms with Crippen LogP contribution in [0.5, 0.6) is 5.75 Å². The van der Waals surface area contributed by atoms with Gasteiger partial charge in [0.05, 0.1) is 16.7 Å². The van der Waals surface area contributed by atoms with Gasteiger partial charge >= 0.3 is 6.03 Å². The number of carbonyl (C=O) groups is 1. The molecule has 0 atom stereocenters. The van der Waals surface area contributed by atoms with Crippen molar-refractivity contribution in [2.75, 3.05) is 10.6 Å². The molecular formula is C13H10ClN3O4. The summed E-state index contributed by atoms with van der Waals surface area (Å²) in [6, 6.07) is 10.0. The van der Waals surface area contributed by atoms with E-state index in [-0.39, 0.29) is 10.7 Å². The molecule has 0 fully saturated rings. The summed E-state index contributed by atoms with van der Waals surface area (Å²) in [6.45, 7) is 0. The monoisotopic (exact) mass is 307 g/mol. The van der Waals surface area contributed by atoms with Gasteiger partial charge in [0.15, 0.2) is 0 Å². The molecule has 0 aliphatic rings. The fourth-order valence-electron chi connectivity index (χ4n) is 1.60. The van der Waals surface area contributed by atoms with E-state index in [0.29, 0.717) is 5.69 Å². The van der Waals surface area contributed by atoms with E-state index in [1.54, 1.807) is 30.3 Å². The number of aromatic hydroxyl groups is 1. The Labute approximate surface area is 124 Å². The number of rotatable bonds is 3. The van der Waals surface area contributed by atoms with Crippen molar-refractivity contribution >= 4 is 34.7 Å². The molecule has 0 saturated carbocycles. The third kappa shape index (κ3) is 3.61. The van der Waals surface area contributed by atoms with Crippen LogP contribution in [0.1, 0.15) is 0 Å². The average Bonchev–Trinajstić information content (AvgIpc) is 2.43. The van der Waals surface area contributed by atoms with Crippen LogP contribution in [0.3, 0.4) is 0 Å². The van der Waals surface area contributed by atoms with Gasteiger partial charge in [-0.2, -0.15) is 0 Å². The largest absolute Gasteiger partial charge is 0.506 e. The Morgan fingerprint density at radius 3 is 2.48 bits per heavy atom. The summed E-state index contributed by atoms with van der Waals surface area (Å²) >= 11 is 5.72. The molecule has 0 aromatic heterocycles. The summed E-state index contributed by atoms with van der Waals surface area (Å²) in [5.41, 5.74) is 0.0877. The maximum atomic E-state index is 11.8. The van der Waals surface area contributed by atoms with Crippen LogP contribution >= 0.6 is 11.6 Å². The van der Waals surface area contributed by atoms with Crippen LogP contribution in [0.4, 0.5) is 21.9 Å². The van der Waals surface area contributed by atoms with Crippen molar-refractivity contribution in [2.45, 2.75) is 0 Å². The molecule has 0 bridgehead atoms. The molecule has 2 rings (SSSR count). The van der Waals surface area contributed by atoms with E-state index in [1.807, 2.05) is 0 Å². The Hall–Kier alpha value is -2.80. The van der Waals surface area contributed by atoms with E-state index in [9.17, 15) is 20.0 Å². The number of amides is 2. The first-order valence-corrected chi connectivity index (χ1v) is 6.15. The first-order valence-electron chi connectivity index (χ1n) is 5.77. The van der Waals surface area contributed by atoms with Crippen molar-refractivity contribution in [1.82, 2.24) is 0 Å². The molecule has 3 N–H and O–H groups in total. The van der Waals surface area contributed by atoms with Gasteiger partial charge in [0, 0.05) is 5.69 Å². The second-order valence-electron chi connectivity index (χ2n) is 4.02. The molecule has 0 saturated heterocycles. The maximum Gasteiger partial charge on any atom is 0.323 e. The zero-order valence-electron chi connectivity index (χ0n) is 10.5. The molecule has 0 unspecified atom stereocenters. The molecule has 0 aliphatic heterocycles. The average molecular weight is 308 g/mol. The van der Waals surface area contributed by atoms with Gasteiger partial charge in [-0.3, -0.25) is 10.1 Å². The Morgan fingerprint density at radius 1 is 1.19 bits per heavy atom. The van der Waals surface area contributed by atoms with E-state index in [2.05, 4.69) is 10.6 Å². The topological polar surface area (TPSA) is 104 Å². The van der Waals surface area contributed by atoms with Gasteiger partial charge in [-0.1, -0.05) is 29.8 Å². The molecule has 0 radical (unpaired) electrons. The summed E-state index contributed by atoms with van der Waals surface area (Å²) in [4.78, 5) is 21.7. The summed E-state index contributed by atoms with van der Waals surface area (Å²) in [5.74, 6) is -0.450. The Morgan fingerprint density at radius 2 is 1.86 bits per heavy atom. The number of urea groups is 1. The number of benzene rings is 2. The molecule has 2 aromatic carbocycles. The lowest BCUT2D eigenvalue weighted by Gasteiger charge is -2.09. The minimum Gasteiger partial charge on any atom is -0.506 e. The van der Waals surface area contributed by atoms with E-state index >= 15 is 0 Å². The molecule has 108 valence electrons. The number of phenolic OH excluding ortho intramolecular Hbond substituents is 1. The fourth-order valence-corrected chi connectivity index (χ4v) is 1.83. The minimum absolute atomic E-state index is 0.0287. The maximum absolute atomic E-state index is 11.8. The van der Waals surface area contributed by atoms with Crippen molar-refractivity contribution in [3.63, 3.8) is 0 Å². The molecule has 2 amide bonds. The highest BCUT2D eigenvalue weighted by Crippen LogP contribution is 2.34. The lowest BCUT2D eigenvalue weighted by Crippen LogP contribution is -2.19. The normalized spacial score (nSPS) is 9.95. The van der Waals surface area contributed by atoms with Crippen LogP contribution in [-0.4, -0.2) is 16.1 Å². The number of halogens is 1. The molecule has 0 spiro atoms. The number of anilines is 2. The summed E-state index contributed by atoms with van der Waals surface area (Å²) in [7, 11) is 0. The number of carbonyl (C=O) groups excluding carboxylic acids is 1. The molecule has 21 heavy (non-hydrogen) atoms. The molecule has 2 aromatic rings. The van der Waals surface area contributed by atoms with Crippen LogP contribution in [0.2, 0.25) is 5.02 Å². The highest BCUT2D eigenvalue weighted by molar-refractivity contribution is 6.33. The van der Waals surface area contributed by atoms with Gasteiger partial charge in [-0.15, -0.1) is 0 Å². The highest BCUT2D eigenvalue weighted by Gasteiger charge is 2.17. The van der Waals surface area contributed by atoms with E-state index in [4.69, 9.17) is 11.6 Å². The lowest BCUT2D eigenvalue weighted by atomic mass is 10.2. The number of phenols is 1. The van der Waals surface area contributed by atoms with Gasteiger partial charge in [-0.05, 0) is 18.2 Å². The van der Waals surface area contributed by atoms with Crippen LogP contribution < -0.4 is 10.6 Å². The van der Waals surface area contributed by atoms with Gasteiger partial charge in [0.1, 0.15) is 10.8 Å². The summed E-state index contributed by atoms with van der Waals surface area (Å²) < 4.78 is 0. The number of hydrogen-bond acceptors (Lipinski definition) is 4. The van der Waals surface area contributed by atoms with Crippen molar-refractivity contribution < 1.29 is 14.8 Å². The second kappa shape index (κ2) is 6.10. The van der Waals surface area contributed by atoms with E-state index in [1.165, 1.54) is 0 Å². The predicted octanol–water partition coefficient (Wildman–Crippen LogP) is 3.60. The summed E-state index contributed by atoms with van der Waals surface area (Å²) in [5, 5.41) is 25.0. The molecule has 8 heteroatoms. The molecule has 0 heterocycles. The predicted molar refractivity (Wildman–Crippen MR) is 78.9 cm³/mol. The second-order valence-corrected chi connectivity index (χ2v) is 4.43. The van der Waals surface area contributed by atoms with Crippen LogP contribution in [0.25, 0.3) is 0 Å². The molecular weight excluding hydrogens is 298 g/mol. The van der Waals surface area contributed by atoms with Gasteiger partial charge in [0.25, 0.3) is 5.69 Å². The number of nitrogens with zero attached hydrogens (tertiary/aromatic N) is 1. The Kier molecular flexibility index (Phi) is 4.24. The lowest BCUT2D eigenvalue weighted by molar-refractivity contribution is -0.384. The highest BCUT2D eigenvalue weighted by atomic mass is 35.5. The van der Waals surface area contributed by atoms with Gasteiger partial charge in [-0.25, -0.2) is 4.79 Å². The third-order valence-electron chi connectivity index (χ3n) is 2.54. The fraction of sp³-hybridized carbons (Fsp3) is 0. The SMILES string of the molecule is O=C(Nc1ccccc1)Nc1cc(Cl)c([N+](=O)[O-])cc1O. The van der Waals surface area contributed by atoms with E-state index in [0.717, 1.165) is 12.1 Å². The van der Waals surface area contributed by atoms with Crippen molar-refractivity contribution in [3.8, 4) is 5.75 Å². The smallest absolute Gasteiger partial charge is 0.323 e. The van der Waals surface area contributed by atoms with Gasteiger partial charge in [0.2, 0.25) is 0 Å². The van der Waals surface area contributed by atoms with Gasteiger partial charge < -0.3 is 15.7 Å². The zero-order valence-corrected chi connectivity index (χ0v) is 11.3. The zero-order chi connectivity index (χ0) is 15.4. The summed E-state index contributed by atoms with van der Waals surface area (Å²) in [6.07, 6.45) is 0. The van der Waals surface area contributed by atoms with Crippen molar-refractivity contribution in [1.29, 1.82) is 0 Å². The standard InChI is InChI=1S/C13H10ClN3O4/c14-9-6-10(12(18)7-11(9)17(20)21)16-13(19)15-8-4-2-1-3-5-8/h1-7,18H,(H2,15,16,19). The van der Waals surface area contributed by atoms with Crippen molar-refractivity contribution in [3.05, 3.63) is 57.6 Å². The Balaban J connectivity index is 2.14. The molecule has 7 nitrogen and oxygen atoms in total. The van der Waals surface area contributed by atoms with Crippen LogP contribution in [-0.2, 0) is 0 Å². The van der Waals surface area contributed by atoms with Crippen molar-refractivity contribution in [2.24, 2.45) is 0 Å². The quantitative estimate of drug-likeness (QED) is 0.457. The first-order chi connectivity index (χ1) is 9.97. The van der Waals surface area contributed by atoms with Crippen LogP contribution in [0, 0.1) is 10.1 Å². The first kappa shape index (κ1) is 14.6. The Bertz CT molecular complexity index is 691. The van der Waals surface area contributed by atoms with E-state index < -0.39 is 22.4 Å². The number of hydrogen-bond donors (Lipinski definition) is 3. The molecule has 0 aliphatic carbocycles. The number of nitrogens with one attached hydrogen (secondary N) is 2. The number of nitro groups is 1. The van der Waals surface area contributed by atoms with Crippen LogP contribution in [0.15, 0.2) is 42.5 Å². The number of nitro benzene ring substituents is 1. The third-order valence-corrected chi connectivity index (χ3v) is 2.84. The number of para-hydroxylation sites is 1.